The van der Waals surface area contributed by atoms with Crippen molar-refractivity contribution in [2.45, 2.75) is 25.8 Å². The van der Waals surface area contributed by atoms with Crippen molar-refractivity contribution in [3.05, 3.63) is 36.4 Å². The molecule has 1 amide bonds. The van der Waals surface area contributed by atoms with E-state index in [0.717, 1.165) is 11.6 Å². The molecular formula is C14H18N4O. The molecule has 1 unspecified atom stereocenters. The molecule has 5 nitrogen and oxygen atoms in total. The van der Waals surface area contributed by atoms with Gasteiger partial charge in [-0.3, -0.25) is 9.48 Å². The first-order chi connectivity index (χ1) is 9.15. The van der Waals surface area contributed by atoms with Crippen LogP contribution in [0.15, 0.2) is 30.7 Å². The molecule has 19 heavy (non-hydrogen) atoms. The summed E-state index contributed by atoms with van der Waals surface area (Å²) in [6, 6.07) is 4.07. The maximum Gasteiger partial charge on any atom is 0.272 e. The van der Waals surface area contributed by atoms with E-state index in [-0.39, 0.29) is 5.91 Å². The lowest BCUT2D eigenvalue weighted by Gasteiger charge is -2.09. The minimum absolute atomic E-state index is 0.105. The van der Waals surface area contributed by atoms with E-state index in [1.165, 1.54) is 12.8 Å². The molecule has 1 fully saturated rings. The third-order valence-corrected chi connectivity index (χ3v) is 3.76. The summed E-state index contributed by atoms with van der Waals surface area (Å²) in [6.45, 7) is 2.17. The smallest absolute Gasteiger partial charge is 0.272 e. The van der Waals surface area contributed by atoms with Crippen molar-refractivity contribution in [1.29, 1.82) is 0 Å². The Balaban J connectivity index is 1.70. The summed E-state index contributed by atoms with van der Waals surface area (Å²) in [5, 5.41) is 7.21. The van der Waals surface area contributed by atoms with Crippen LogP contribution in [0.4, 0.5) is 5.69 Å². The van der Waals surface area contributed by atoms with E-state index in [2.05, 4.69) is 17.3 Å². The summed E-state index contributed by atoms with van der Waals surface area (Å²) in [7, 11) is 1.85. The number of aryl methyl sites for hydroxylation is 1. The van der Waals surface area contributed by atoms with Crippen molar-refractivity contribution in [3.63, 3.8) is 0 Å². The summed E-state index contributed by atoms with van der Waals surface area (Å²) in [5.74, 6) is 0.641. The van der Waals surface area contributed by atoms with Crippen LogP contribution in [-0.2, 0) is 7.05 Å². The maximum atomic E-state index is 12.1. The molecule has 1 saturated carbocycles. The van der Waals surface area contributed by atoms with E-state index in [0.29, 0.717) is 11.7 Å². The quantitative estimate of drug-likeness (QED) is 0.915. The Kier molecular flexibility index (Phi) is 2.89. The topological polar surface area (TPSA) is 51.9 Å². The van der Waals surface area contributed by atoms with E-state index in [1.807, 2.05) is 30.2 Å². The second kappa shape index (κ2) is 4.57. The van der Waals surface area contributed by atoms with E-state index < -0.39 is 0 Å². The van der Waals surface area contributed by atoms with Gasteiger partial charge in [0.2, 0.25) is 0 Å². The second-order valence-electron chi connectivity index (χ2n) is 5.25. The van der Waals surface area contributed by atoms with Gasteiger partial charge in [0.1, 0.15) is 5.69 Å². The van der Waals surface area contributed by atoms with Crippen LogP contribution in [0.25, 0.3) is 0 Å². The number of hydrogen-bond acceptors (Lipinski definition) is 2. The monoisotopic (exact) mass is 258 g/mol. The first-order valence-electron chi connectivity index (χ1n) is 6.62. The van der Waals surface area contributed by atoms with Crippen LogP contribution >= 0.6 is 0 Å². The molecule has 1 aliphatic rings. The van der Waals surface area contributed by atoms with Crippen LogP contribution in [0, 0.1) is 5.92 Å². The highest BCUT2D eigenvalue weighted by Crippen LogP contribution is 2.39. The number of aromatic nitrogens is 3. The standard InChI is InChI=1S/C14H18N4O/c1-10(11-5-6-11)18-9-12(8-15-18)16-14(19)13-4-3-7-17(13)2/h3-4,7-11H,5-6H2,1-2H3,(H,16,19). The van der Waals surface area contributed by atoms with Crippen molar-refractivity contribution in [1.82, 2.24) is 14.3 Å². The molecule has 0 bridgehead atoms. The zero-order chi connectivity index (χ0) is 13.4. The first kappa shape index (κ1) is 12.0. The van der Waals surface area contributed by atoms with Gasteiger partial charge in [-0.25, -0.2) is 0 Å². The van der Waals surface area contributed by atoms with Gasteiger partial charge in [0.15, 0.2) is 0 Å². The van der Waals surface area contributed by atoms with Gasteiger partial charge in [0, 0.05) is 19.4 Å². The molecule has 5 heteroatoms. The lowest BCUT2D eigenvalue weighted by Crippen LogP contribution is -2.15. The molecule has 1 atom stereocenters. The molecule has 0 aliphatic heterocycles. The van der Waals surface area contributed by atoms with Crippen molar-refractivity contribution in [2.75, 3.05) is 5.32 Å². The molecule has 2 aromatic rings. The molecule has 100 valence electrons. The number of carbonyl (C=O) groups is 1. The summed E-state index contributed by atoms with van der Waals surface area (Å²) in [5.41, 5.74) is 1.39. The molecule has 0 radical (unpaired) electrons. The third-order valence-electron chi connectivity index (χ3n) is 3.76. The molecule has 0 aromatic carbocycles. The van der Waals surface area contributed by atoms with Gasteiger partial charge in [-0.1, -0.05) is 0 Å². The number of nitrogens with one attached hydrogen (secondary N) is 1. The normalized spacial score (nSPS) is 16.3. The number of nitrogens with zero attached hydrogens (tertiary/aromatic N) is 3. The fourth-order valence-electron chi connectivity index (χ4n) is 2.31. The van der Waals surface area contributed by atoms with Crippen LogP contribution in [0.3, 0.4) is 0 Å². The average molecular weight is 258 g/mol. The molecule has 0 spiro atoms. The number of rotatable bonds is 4. The highest BCUT2D eigenvalue weighted by molar-refractivity contribution is 6.03. The van der Waals surface area contributed by atoms with Crippen molar-refractivity contribution in [2.24, 2.45) is 13.0 Å². The largest absolute Gasteiger partial charge is 0.347 e. The van der Waals surface area contributed by atoms with Crippen LogP contribution in [0.2, 0.25) is 0 Å². The fraction of sp³-hybridized carbons (Fsp3) is 0.429. The molecule has 1 aliphatic carbocycles. The molecule has 0 saturated heterocycles. The summed E-state index contributed by atoms with van der Waals surface area (Å²) in [6.07, 6.45) is 8.04. The highest BCUT2D eigenvalue weighted by Gasteiger charge is 2.29. The average Bonchev–Trinajstić information content (AvgIpc) is 2.99. The molecule has 1 N–H and O–H groups in total. The fourth-order valence-corrected chi connectivity index (χ4v) is 2.31. The van der Waals surface area contributed by atoms with Crippen LogP contribution < -0.4 is 5.32 Å². The van der Waals surface area contributed by atoms with Crippen molar-refractivity contribution >= 4 is 11.6 Å². The number of anilines is 1. The number of hydrogen-bond donors (Lipinski definition) is 1. The van der Waals surface area contributed by atoms with Gasteiger partial charge in [-0.15, -0.1) is 0 Å². The molecule has 2 aromatic heterocycles. The van der Waals surface area contributed by atoms with Crippen LogP contribution in [0.1, 0.15) is 36.3 Å². The minimum Gasteiger partial charge on any atom is -0.347 e. The van der Waals surface area contributed by atoms with Gasteiger partial charge < -0.3 is 9.88 Å². The van der Waals surface area contributed by atoms with Crippen LogP contribution in [0.5, 0.6) is 0 Å². The minimum atomic E-state index is -0.105. The molecule has 2 heterocycles. The Bertz CT molecular complexity index is 594. The zero-order valence-corrected chi connectivity index (χ0v) is 11.2. The zero-order valence-electron chi connectivity index (χ0n) is 11.2. The second-order valence-corrected chi connectivity index (χ2v) is 5.25. The SMILES string of the molecule is CC(C1CC1)n1cc(NC(=O)c2cccn2C)cn1. The predicted octanol–water partition coefficient (Wildman–Crippen LogP) is 2.44. The summed E-state index contributed by atoms with van der Waals surface area (Å²) >= 11 is 0. The lowest BCUT2D eigenvalue weighted by molar-refractivity contribution is 0.101. The van der Waals surface area contributed by atoms with Crippen molar-refractivity contribution in [3.8, 4) is 0 Å². The van der Waals surface area contributed by atoms with Gasteiger partial charge in [0.25, 0.3) is 5.91 Å². The van der Waals surface area contributed by atoms with Gasteiger partial charge in [0.05, 0.1) is 17.9 Å². The van der Waals surface area contributed by atoms with E-state index in [1.54, 1.807) is 16.8 Å². The lowest BCUT2D eigenvalue weighted by atomic mass is 10.2. The highest BCUT2D eigenvalue weighted by atomic mass is 16.1. The molecule has 3 rings (SSSR count). The Morgan fingerprint density at radius 2 is 2.32 bits per heavy atom. The summed E-state index contributed by atoms with van der Waals surface area (Å²) in [4.78, 5) is 12.1. The van der Waals surface area contributed by atoms with Gasteiger partial charge in [-0.2, -0.15) is 5.10 Å². The van der Waals surface area contributed by atoms with Gasteiger partial charge in [-0.05, 0) is 37.8 Å². The Morgan fingerprint density at radius 3 is 2.95 bits per heavy atom. The third kappa shape index (κ3) is 2.41. The first-order valence-corrected chi connectivity index (χ1v) is 6.62. The van der Waals surface area contributed by atoms with E-state index >= 15 is 0 Å². The van der Waals surface area contributed by atoms with E-state index in [4.69, 9.17) is 0 Å². The number of amides is 1. The maximum absolute atomic E-state index is 12.1. The van der Waals surface area contributed by atoms with E-state index in [9.17, 15) is 4.79 Å². The Labute approximate surface area is 112 Å². The Hall–Kier alpha value is -2.04. The Morgan fingerprint density at radius 1 is 1.53 bits per heavy atom. The predicted molar refractivity (Wildman–Crippen MR) is 73.0 cm³/mol. The van der Waals surface area contributed by atoms with Crippen LogP contribution in [-0.4, -0.2) is 20.3 Å². The molecular weight excluding hydrogens is 240 g/mol. The summed E-state index contributed by atoms with van der Waals surface area (Å²) < 4.78 is 3.74. The van der Waals surface area contributed by atoms with Gasteiger partial charge >= 0.3 is 0 Å². The van der Waals surface area contributed by atoms with Crippen molar-refractivity contribution < 1.29 is 4.79 Å². The number of carbonyl (C=O) groups excluding carboxylic acids is 1.